The maximum absolute atomic E-state index is 12.0. The molecule has 0 aliphatic carbocycles. The molecule has 1 atom stereocenters. The lowest BCUT2D eigenvalue weighted by atomic mass is 10.1. The Morgan fingerprint density at radius 1 is 1.25 bits per heavy atom. The summed E-state index contributed by atoms with van der Waals surface area (Å²) in [6.07, 6.45) is 2.00. The molecule has 4 N–H and O–H groups in total. The second kappa shape index (κ2) is 6.68. The van der Waals surface area contributed by atoms with Crippen LogP contribution in [0, 0.1) is 0 Å². The fraction of sp³-hybridized carbons (Fsp3) is 0.200. The number of amides is 1. The third kappa shape index (κ3) is 3.80. The van der Waals surface area contributed by atoms with Crippen LogP contribution >= 0.6 is 0 Å². The minimum atomic E-state index is -0.343. The van der Waals surface area contributed by atoms with Crippen molar-refractivity contribution < 1.29 is 9.90 Å². The second-order valence-electron chi connectivity index (χ2n) is 4.52. The van der Waals surface area contributed by atoms with Crippen LogP contribution in [0.2, 0.25) is 0 Å². The number of nitrogens with zero attached hydrogens (tertiary/aromatic N) is 1. The van der Waals surface area contributed by atoms with Gasteiger partial charge in [0, 0.05) is 0 Å². The molecule has 0 aliphatic rings. The summed E-state index contributed by atoms with van der Waals surface area (Å²) in [6, 6.07) is 12.5. The van der Waals surface area contributed by atoms with E-state index in [0.29, 0.717) is 12.1 Å². The number of nitrogen functional groups attached to an aromatic ring is 1. The third-order valence-corrected chi connectivity index (χ3v) is 2.90. The summed E-state index contributed by atoms with van der Waals surface area (Å²) in [4.78, 5) is 15.9. The van der Waals surface area contributed by atoms with Crippen molar-refractivity contribution in [1.82, 2.24) is 10.3 Å². The van der Waals surface area contributed by atoms with Gasteiger partial charge in [-0.05, 0) is 24.1 Å². The quantitative estimate of drug-likeness (QED) is 0.757. The highest BCUT2D eigenvalue weighted by molar-refractivity contribution is 5.92. The Morgan fingerprint density at radius 2 is 2.00 bits per heavy atom. The molecular formula is C15H17N3O2. The molecule has 0 radical (unpaired) electrons. The number of aromatic nitrogens is 1. The lowest BCUT2D eigenvalue weighted by Gasteiger charge is -2.16. The summed E-state index contributed by atoms with van der Waals surface area (Å²) >= 11 is 0. The maximum atomic E-state index is 12.0. The first-order valence-electron chi connectivity index (χ1n) is 6.36. The number of aliphatic hydroxyl groups is 1. The maximum Gasteiger partial charge on any atom is 0.270 e. The Morgan fingerprint density at radius 3 is 2.60 bits per heavy atom. The van der Waals surface area contributed by atoms with Gasteiger partial charge in [-0.15, -0.1) is 0 Å². The van der Waals surface area contributed by atoms with E-state index in [1.165, 1.54) is 6.20 Å². The molecule has 1 amide bonds. The van der Waals surface area contributed by atoms with Crippen molar-refractivity contribution in [1.29, 1.82) is 0 Å². The number of rotatable bonds is 5. The van der Waals surface area contributed by atoms with E-state index >= 15 is 0 Å². The molecule has 1 aromatic carbocycles. The number of pyridine rings is 1. The van der Waals surface area contributed by atoms with Gasteiger partial charge in [-0.2, -0.15) is 0 Å². The molecule has 2 aromatic rings. The number of hydrogen-bond acceptors (Lipinski definition) is 4. The van der Waals surface area contributed by atoms with Crippen LogP contribution in [0.25, 0.3) is 0 Å². The average Bonchev–Trinajstić information content (AvgIpc) is 2.48. The first-order chi connectivity index (χ1) is 9.69. The van der Waals surface area contributed by atoms with Crippen LogP contribution in [0.3, 0.4) is 0 Å². The SMILES string of the molecule is Nc1ccc(C(=O)NC(CO)Cc2ccccc2)nc1. The number of nitrogens with two attached hydrogens (primary N) is 1. The van der Waals surface area contributed by atoms with E-state index in [1.807, 2.05) is 30.3 Å². The van der Waals surface area contributed by atoms with Gasteiger partial charge >= 0.3 is 0 Å². The molecule has 0 bridgehead atoms. The first-order valence-corrected chi connectivity index (χ1v) is 6.36. The molecule has 5 heteroatoms. The fourth-order valence-corrected chi connectivity index (χ4v) is 1.86. The zero-order chi connectivity index (χ0) is 14.4. The summed E-state index contributed by atoms with van der Waals surface area (Å²) in [5.41, 5.74) is 7.36. The average molecular weight is 271 g/mol. The van der Waals surface area contributed by atoms with E-state index in [9.17, 15) is 9.90 Å². The Kier molecular flexibility index (Phi) is 4.68. The lowest BCUT2D eigenvalue weighted by Crippen LogP contribution is -2.39. The molecule has 2 rings (SSSR count). The molecule has 1 heterocycles. The standard InChI is InChI=1S/C15H17N3O2/c16-12-6-7-14(17-9-12)15(20)18-13(10-19)8-11-4-2-1-3-5-11/h1-7,9,13,19H,8,10,16H2,(H,18,20). The van der Waals surface area contributed by atoms with Gasteiger partial charge < -0.3 is 16.2 Å². The largest absolute Gasteiger partial charge is 0.397 e. The molecule has 5 nitrogen and oxygen atoms in total. The second-order valence-corrected chi connectivity index (χ2v) is 4.52. The molecule has 0 aliphatic heterocycles. The normalized spacial score (nSPS) is 11.8. The Balaban J connectivity index is 1.99. The van der Waals surface area contributed by atoms with Crippen LogP contribution < -0.4 is 11.1 Å². The molecule has 0 spiro atoms. The molecular weight excluding hydrogens is 254 g/mol. The smallest absolute Gasteiger partial charge is 0.270 e. The lowest BCUT2D eigenvalue weighted by molar-refractivity contribution is 0.0911. The van der Waals surface area contributed by atoms with E-state index < -0.39 is 0 Å². The summed E-state index contributed by atoms with van der Waals surface area (Å²) in [5, 5.41) is 12.1. The van der Waals surface area contributed by atoms with Gasteiger partial charge in [0.2, 0.25) is 0 Å². The highest BCUT2D eigenvalue weighted by Gasteiger charge is 2.14. The first kappa shape index (κ1) is 14.0. The summed E-state index contributed by atoms with van der Waals surface area (Å²) in [5.74, 6) is -0.319. The van der Waals surface area contributed by atoms with Crippen molar-refractivity contribution in [3.8, 4) is 0 Å². The molecule has 1 aromatic heterocycles. The Hall–Kier alpha value is -2.40. The van der Waals surface area contributed by atoms with Crippen molar-refractivity contribution in [2.75, 3.05) is 12.3 Å². The molecule has 0 fully saturated rings. The van der Waals surface area contributed by atoms with E-state index in [2.05, 4.69) is 10.3 Å². The van der Waals surface area contributed by atoms with E-state index in [4.69, 9.17) is 5.73 Å². The minimum Gasteiger partial charge on any atom is -0.397 e. The van der Waals surface area contributed by atoms with Gasteiger partial charge in [0.05, 0.1) is 24.5 Å². The summed E-state index contributed by atoms with van der Waals surface area (Å²) in [6.45, 7) is -0.129. The van der Waals surface area contributed by atoms with Crippen molar-refractivity contribution >= 4 is 11.6 Å². The molecule has 0 saturated carbocycles. The summed E-state index contributed by atoms with van der Waals surface area (Å²) < 4.78 is 0. The number of nitrogens with one attached hydrogen (secondary N) is 1. The summed E-state index contributed by atoms with van der Waals surface area (Å²) in [7, 11) is 0. The number of aliphatic hydroxyl groups excluding tert-OH is 1. The van der Waals surface area contributed by atoms with E-state index in [-0.39, 0.29) is 24.2 Å². The molecule has 1 unspecified atom stereocenters. The van der Waals surface area contributed by atoms with Crippen LogP contribution in [0.1, 0.15) is 16.1 Å². The van der Waals surface area contributed by atoms with Gasteiger partial charge in [0.1, 0.15) is 5.69 Å². The van der Waals surface area contributed by atoms with Crippen molar-refractivity contribution in [2.24, 2.45) is 0 Å². The molecule has 20 heavy (non-hydrogen) atoms. The van der Waals surface area contributed by atoms with E-state index in [1.54, 1.807) is 12.1 Å². The van der Waals surface area contributed by atoms with Gasteiger partial charge in [0.25, 0.3) is 5.91 Å². The monoisotopic (exact) mass is 271 g/mol. The molecule has 0 saturated heterocycles. The van der Waals surface area contributed by atoms with Crippen molar-refractivity contribution in [3.05, 3.63) is 59.9 Å². The third-order valence-electron chi connectivity index (χ3n) is 2.90. The van der Waals surface area contributed by atoms with Crippen LogP contribution in [-0.4, -0.2) is 28.6 Å². The zero-order valence-corrected chi connectivity index (χ0v) is 11.0. The van der Waals surface area contributed by atoms with Crippen molar-refractivity contribution in [3.63, 3.8) is 0 Å². The molecule has 104 valence electrons. The Labute approximate surface area is 117 Å². The minimum absolute atomic E-state index is 0.129. The number of carbonyl (C=O) groups excluding carboxylic acids is 1. The van der Waals surface area contributed by atoms with Gasteiger partial charge in [-0.25, -0.2) is 4.98 Å². The van der Waals surface area contributed by atoms with Crippen LogP contribution in [0.5, 0.6) is 0 Å². The Bertz CT molecular complexity index is 555. The van der Waals surface area contributed by atoms with Crippen LogP contribution in [-0.2, 0) is 6.42 Å². The highest BCUT2D eigenvalue weighted by atomic mass is 16.3. The predicted molar refractivity (Wildman–Crippen MR) is 77.1 cm³/mol. The number of hydrogen-bond donors (Lipinski definition) is 3. The number of anilines is 1. The fourth-order valence-electron chi connectivity index (χ4n) is 1.86. The van der Waals surface area contributed by atoms with Gasteiger partial charge in [0.15, 0.2) is 0 Å². The zero-order valence-electron chi connectivity index (χ0n) is 11.0. The number of carbonyl (C=O) groups is 1. The number of benzene rings is 1. The van der Waals surface area contributed by atoms with Gasteiger partial charge in [-0.1, -0.05) is 30.3 Å². The van der Waals surface area contributed by atoms with E-state index in [0.717, 1.165) is 5.56 Å². The van der Waals surface area contributed by atoms with Crippen LogP contribution in [0.15, 0.2) is 48.7 Å². The predicted octanol–water partition coefficient (Wildman–Crippen LogP) is 0.997. The van der Waals surface area contributed by atoms with Crippen molar-refractivity contribution in [2.45, 2.75) is 12.5 Å². The topological polar surface area (TPSA) is 88.2 Å². The highest BCUT2D eigenvalue weighted by Crippen LogP contribution is 2.05. The van der Waals surface area contributed by atoms with Crippen LogP contribution in [0.4, 0.5) is 5.69 Å². The van der Waals surface area contributed by atoms with Gasteiger partial charge in [-0.3, -0.25) is 4.79 Å².